The molecule has 4 rings (SSSR count). The molecule has 7 nitrogen and oxygen atoms in total. The van der Waals surface area contributed by atoms with Gasteiger partial charge in [0.15, 0.2) is 0 Å². The van der Waals surface area contributed by atoms with Crippen LogP contribution in [0.25, 0.3) is 22.8 Å². The van der Waals surface area contributed by atoms with Crippen LogP contribution in [0, 0.1) is 0 Å². The van der Waals surface area contributed by atoms with E-state index in [0.717, 1.165) is 36.3 Å². The van der Waals surface area contributed by atoms with E-state index in [2.05, 4.69) is 20.4 Å². The molecule has 0 amide bonds. The standard InChI is InChI=1S/C19H20N4O3/c1-24-14-8-6-13(7-9-14)17-22-19(26-23-17)16-5-2-10-20-18(16)21-12-15-4-3-11-25-15/h2,5-10,15H,3-4,11-12H2,1H3,(H,20,21)/t15-/m0/s1. The lowest BCUT2D eigenvalue weighted by Crippen LogP contribution is -2.19. The summed E-state index contributed by atoms with van der Waals surface area (Å²) in [6, 6.07) is 11.3. The fourth-order valence-electron chi connectivity index (χ4n) is 2.92. The Kier molecular flexibility index (Phi) is 4.79. The molecule has 0 spiro atoms. The van der Waals surface area contributed by atoms with Crippen molar-refractivity contribution in [2.24, 2.45) is 0 Å². The number of benzene rings is 1. The third kappa shape index (κ3) is 3.52. The Morgan fingerprint density at radius 3 is 2.88 bits per heavy atom. The van der Waals surface area contributed by atoms with Crippen LogP contribution in [-0.2, 0) is 4.74 Å². The van der Waals surface area contributed by atoms with Crippen LogP contribution in [-0.4, -0.2) is 41.5 Å². The molecule has 7 heteroatoms. The first-order chi connectivity index (χ1) is 12.8. The zero-order chi connectivity index (χ0) is 17.8. The summed E-state index contributed by atoms with van der Waals surface area (Å²) in [6.07, 6.45) is 4.14. The van der Waals surface area contributed by atoms with Gasteiger partial charge in [-0.2, -0.15) is 4.98 Å². The summed E-state index contributed by atoms with van der Waals surface area (Å²) in [5.41, 5.74) is 1.64. The molecule has 3 aromatic rings. The average Bonchev–Trinajstić information content (AvgIpc) is 3.39. The number of hydrogen-bond acceptors (Lipinski definition) is 7. The molecule has 0 bridgehead atoms. The predicted octanol–water partition coefficient (Wildman–Crippen LogP) is 3.40. The van der Waals surface area contributed by atoms with E-state index in [1.807, 2.05) is 36.4 Å². The zero-order valence-electron chi connectivity index (χ0n) is 14.5. The summed E-state index contributed by atoms with van der Waals surface area (Å²) in [5, 5.41) is 7.43. The summed E-state index contributed by atoms with van der Waals surface area (Å²) in [5.74, 6) is 2.45. The highest BCUT2D eigenvalue weighted by Gasteiger charge is 2.18. The largest absolute Gasteiger partial charge is 0.497 e. The maximum atomic E-state index is 5.65. The second kappa shape index (κ2) is 7.53. The molecule has 1 atom stereocenters. The Balaban J connectivity index is 1.54. The summed E-state index contributed by atoms with van der Waals surface area (Å²) >= 11 is 0. The topological polar surface area (TPSA) is 82.3 Å². The third-order valence-electron chi connectivity index (χ3n) is 4.33. The van der Waals surface area contributed by atoms with E-state index in [0.29, 0.717) is 24.1 Å². The molecule has 0 radical (unpaired) electrons. The first kappa shape index (κ1) is 16.5. The van der Waals surface area contributed by atoms with E-state index in [1.54, 1.807) is 13.3 Å². The van der Waals surface area contributed by atoms with Gasteiger partial charge in [-0.3, -0.25) is 0 Å². The van der Waals surface area contributed by atoms with Gasteiger partial charge in [-0.05, 0) is 49.2 Å². The Labute approximate surface area is 151 Å². The molecule has 1 aliphatic rings. The van der Waals surface area contributed by atoms with Crippen molar-refractivity contribution < 1.29 is 14.0 Å². The normalized spacial score (nSPS) is 16.6. The van der Waals surface area contributed by atoms with Gasteiger partial charge in [0, 0.05) is 24.9 Å². The number of anilines is 1. The highest BCUT2D eigenvalue weighted by atomic mass is 16.5. The van der Waals surface area contributed by atoms with Gasteiger partial charge < -0.3 is 19.3 Å². The Morgan fingerprint density at radius 2 is 2.12 bits per heavy atom. The molecule has 1 aromatic carbocycles. The lowest BCUT2D eigenvalue weighted by atomic mass is 10.2. The lowest BCUT2D eigenvalue weighted by molar-refractivity contribution is 0.120. The quantitative estimate of drug-likeness (QED) is 0.728. The smallest absolute Gasteiger partial charge is 0.261 e. The van der Waals surface area contributed by atoms with Gasteiger partial charge in [-0.25, -0.2) is 4.98 Å². The van der Waals surface area contributed by atoms with Crippen molar-refractivity contribution in [3.8, 4) is 28.6 Å². The number of rotatable bonds is 6. The summed E-state index contributed by atoms with van der Waals surface area (Å²) < 4.78 is 16.3. The Hall–Kier alpha value is -2.93. The summed E-state index contributed by atoms with van der Waals surface area (Å²) in [6.45, 7) is 1.54. The molecule has 3 heterocycles. The third-order valence-corrected chi connectivity index (χ3v) is 4.33. The summed E-state index contributed by atoms with van der Waals surface area (Å²) in [4.78, 5) is 8.93. The van der Waals surface area contributed by atoms with Gasteiger partial charge in [0.1, 0.15) is 11.6 Å². The number of nitrogens with one attached hydrogen (secondary N) is 1. The van der Waals surface area contributed by atoms with Crippen LogP contribution in [0.15, 0.2) is 47.1 Å². The molecule has 0 unspecified atom stereocenters. The SMILES string of the molecule is COc1ccc(-c2noc(-c3cccnc3NC[C@@H]3CCCO3)n2)cc1. The van der Waals surface area contributed by atoms with E-state index in [4.69, 9.17) is 14.0 Å². The van der Waals surface area contributed by atoms with Crippen molar-refractivity contribution in [3.63, 3.8) is 0 Å². The van der Waals surface area contributed by atoms with Gasteiger partial charge >= 0.3 is 0 Å². The van der Waals surface area contributed by atoms with Gasteiger partial charge in [-0.1, -0.05) is 5.16 Å². The Morgan fingerprint density at radius 1 is 1.23 bits per heavy atom. The van der Waals surface area contributed by atoms with Crippen molar-refractivity contribution >= 4 is 5.82 Å². The number of methoxy groups -OCH3 is 1. The molecule has 0 saturated carbocycles. The predicted molar refractivity (Wildman–Crippen MR) is 97.0 cm³/mol. The maximum Gasteiger partial charge on any atom is 0.261 e. The molecular weight excluding hydrogens is 332 g/mol. The first-order valence-corrected chi connectivity index (χ1v) is 8.62. The van der Waals surface area contributed by atoms with E-state index in [1.165, 1.54) is 0 Å². The van der Waals surface area contributed by atoms with Crippen molar-refractivity contribution in [1.29, 1.82) is 0 Å². The first-order valence-electron chi connectivity index (χ1n) is 8.62. The lowest BCUT2D eigenvalue weighted by Gasteiger charge is -2.12. The van der Waals surface area contributed by atoms with E-state index >= 15 is 0 Å². The van der Waals surface area contributed by atoms with E-state index in [-0.39, 0.29) is 6.10 Å². The monoisotopic (exact) mass is 352 g/mol. The molecule has 1 saturated heterocycles. The number of nitrogens with zero attached hydrogens (tertiary/aromatic N) is 3. The zero-order valence-corrected chi connectivity index (χ0v) is 14.5. The minimum atomic E-state index is 0.224. The van der Waals surface area contributed by atoms with Crippen LogP contribution in [0.5, 0.6) is 5.75 Å². The minimum absolute atomic E-state index is 0.224. The Bertz CT molecular complexity index is 857. The highest BCUT2D eigenvalue weighted by Crippen LogP contribution is 2.28. The number of ether oxygens (including phenoxy) is 2. The molecular formula is C19H20N4O3. The van der Waals surface area contributed by atoms with Crippen LogP contribution in [0.1, 0.15) is 12.8 Å². The second-order valence-corrected chi connectivity index (χ2v) is 6.07. The van der Waals surface area contributed by atoms with Gasteiger partial charge in [-0.15, -0.1) is 0 Å². The molecule has 26 heavy (non-hydrogen) atoms. The number of pyridine rings is 1. The van der Waals surface area contributed by atoms with Gasteiger partial charge in [0.25, 0.3) is 5.89 Å². The fraction of sp³-hybridized carbons (Fsp3) is 0.316. The second-order valence-electron chi connectivity index (χ2n) is 6.07. The van der Waals surface area contributed by atoms with E-state index in [9.17, 15) is 0 Å². The van der Waals surface area contributed by atoms with Crippen LogP contribution in [0.3, 0.4) is 0 Å². The number of aromatic nitrogens is 3. The minimum Gasteiger partial charge on any atom is -0.497 e. The van der Waals surface area contributed by atoms with Crippen molar-refractivity contribution in [2.45, 2.75) is 18.9 Å². The molecule has 134 valence electrons. The van der Waals surface area contributed by atoms with Crippen LogP contribution in [0.2, 0.25) is 0 Å². The maximum absolute atomic E-state index is 5.65. The molecule has 1 aliphatic heterocycles. The van der Waals surface area contributed by atoms with Gasteiger partial charge in [0.05, 0.1) is 18.8 Å². The van der Waals surface area contributed by atoms with E-state index < -0.39 is 0 Å². The van der Waals surface area contributed by atoms with Crippen molar-refractivity contribution in [3.05, 3.63) is 42.6 Å². The van der Waals surface area contributed by atoms with Crippen LogP contribution >= 0.6 is 0 Å². The fourth-order valence-corrected chi connectivity index (χ4v) is 2.92. The molecule has 1 N–H and O–H groups in total. The molecule has 1 fully saturated rings. The molecule has 2 aromatic heterocycles. The van der Waals surface area contributed by atoms with Crippen molar-refractivity contribution in [2.75, 3.05) is 25.6 Å². The highest BCUT2D eigenvalue weighted by molar-refractivity contribution is 5.70. The van der Waals surface area contributed by atoms with Gasteiger partial charge in [0.2, 0.25) is 5.82 Å². The van der Waals surface area contributed by atoms with Crippen molar-refractivity contribution in [1.82, 2.24) is 15.1 Å². The summed E-state index contributed by atoms with van der Waals surface area (Å²) in [7, 11) is 1.63. The van der Waals surface area contributed by atoms with Crippen LogP contribution in [0.4, 0.5) is 5.82 Å². The number of hydrogen-bond donors (Lipinski definition) is 1. The molecule has 0 aliphatic carbocycles. The average molecular weight is 352 g/mol. The van der Waals surface area contributed by atoms with Crippen LogP contribution < -0.4 is 10.1 Å².